The van der Waals surface area contributed by atoms with Gasteiger partial charge in [0.25, 0.3) is 0 Å². The Morgan fingerprint density at radius 3 is 2.10 bits per heavy atom. The molecule has 0 N–H and O–H groups in total. The second kappa shape index (κ2) is 9.72. The van der Waals surface area contributed by atoms with Crippen molar-refractivity contribution in [3.63, 3.8) is 0 Å². The van der Waals surface area contributed by atoms with Crippen LogP contribution in [0.2, 0.25) is 0 Å². The van der Waals surface area contributed by atoms with E-state index in [1.54, 1.807) is 0 Å². The fraction of sp³-hybridized carbons (Fsp3) is 0.222. The highest BCUT2D eigenvalue weighted by atomic mass is 32.2. The van der Waals surface area contributed by atoms with Gasteiger partial charge in [0.2, 0.25) is 0 Å². The summed E-state index contributed by atoms with van der Waals surface area (Å²) < 4.78 is -0.555. The molecule has 1 aliphatic heterocycles. The fourth-order valence-electron chi connectivity index (χ4n) is 3.80. The number of rotatable bonds is 6. The highest BCUT2D eigenvalue weighted by Gasteiger charge is 2.47. The zero-order valence-corrected chi connectivity index (χ0v) is 18.8. The molecule has 3 aromatic rings. The van der Waals surface area contributed by atoms with Crippen LogP contribution < -0.4 is 0 Å². The molecule has 1 fully saturated rings. The molecular weight excluding hydrogens is 404 g/mol. The van der Waals surface area contributed by atoms with Gasteiger partial charge in [0, 0.05) is 11.5 Å². The number of Topliss-reactive ketones (excluding diaryl/α,β-unsaturated/α-hetero) is 1. The summed E-state index contributed by atoms with van der Waals surface area (Å²) in [6.07, 6.45) is 5.54. The van der Waals surface area contributed by atoms with Crippen LogP contribution in [-0.2, 0) is 0 Å². The van der Waals surface area contributed by atoms with Gasteiger partial charge in [-0.15, -0.1) is 23.5 Å². The van der Waals surface area contributed by atoms with Crippen LogP contribution in [0.3, 0.4) is 0 Å². The smallest absolute Gasteiger partial charge is 0.189 e. The Balaban J connectivity index is 1.80. The van der Waals surface area contributed by atoms with Crippen LogP contribution >= 0.6 is 23.5 Å². The van der Waals surface area contributed by atoms with Gasteiger partial charge >= 0.3 is 0 Å². The van der Waals surface area contributed by atoms with Gasteiger partial charge < -0.3 is 0 Å². The van der Waals surface area contributed by atoms with Crippen LogP contribution in [0.4, 0.5) is 0 Å². The molecule has 0 spiro atoms. The number of carbonyl (C=O) groups is 1. The van der Waals surface area contributed by atoms with Crippen molar-refractivity contribution in [1.82, 2.24) is 0 Å². The minimum atomic E-state index is -0.555. The lowest BCUT2D eigenvalue weighted by Crippen LogP contribution is -2.40. The third kappa shape index (κ3) is 4.58. The first-order chi connectivity index (χ1) is 14.7. The molecule has 1 heterocycles. The number of thioether (sulfide) groups is 2. The quantitative estimate of drug-likeness (QED) is 0.384. The summed E-state index contributed by atoms with van der Waals surface area (Å²) in [5, 5.41) is 0. The van der Waals surface area contributed by atoms with Gasteiger partial charge in [-0.25, -0.2) is 0 Å². The van der Waals surface area contributed by atoms with E-state index in [9.17, 15) is 4.79 Å². The van der Waals surface area contributed by atoms with E-state index < -0.39 is 4.08 Å². The number of hydrogen-bond donors (Lipinski definition) is 0. The van der Waals surface area contributed by atoms with Crippen molar-refractivity contribution >= 4 is 35.4 Å². The maximum absolute atomic E-state index is 14.0. The second-order valence-electron chi connectivity index (χ2n) is 7.57. The van der Waals surface area contributed by atoms with E-state index in [0.29, 0.717) is 0 Å². The number of benzene rings is 3. The van der Waals surface area contributed by atoms with Gasteiger partial charge in [-0.05, 0) is 36.0 Å². The molecule has 152 valence electrons. The van der Waals surface area contributed by atoms with Crippen LogP contribution in [0, 0.1) is 6.92 Å². The Labute approximate surface area is 188 Å². The van der Waals surface area contributed by atoms with E-state index >= 15 is 0 Å². The van der Waals surface area contributed by atoms with Crippen LogP contribution in [0.15, 0.2) is 91.0 Å². The molecule has 1 nitrogen and oxygen atoms in total. The van der Waals surface area contributed by atoms with Crippen molar-refractivity contribution in [2.75, 3.05) is 11.5 Å². The zero-order chi connectivity index (χ0) is 20.8. The number of allylic oxidation sites excluding steroid dienone is 1. The molecule has 1 saturated heterocycles. The Hall–Kier alpha value is -2.23. The van der Waals surface area contributed by atoms with Gasteiger partial charge in [0.1, 0.15) is 4.08 Å². The molecule has 3 aromatic carbocycles. The predicted octanol–water partition coefficient (Wildman–Crippen LogP) is 7.24. The van der Waals surface area contributed by atoms with Crippen molar-refractivity contribution in [3.05, 3.63) is 113 Å². The van der Waals surface area contributed by atoms with Crippen molar-refractivity contribution in [3.8, 4) is 0 Å². The Morgan fingerprint density at radius 2 is 1.47 bits per heavy atom. The Kier molecular flexibility index (Phi) is 6.81. The summed E-state index contributed by atoms with van der Waals surface area (Å²) in [6, 6.07) is 28.9. The molecule has 0 bridgehead atoms. The zero-order valence-electron chi connectivity index (χ0n) is 17.2. The lowest BCUT2D eigenvalue weighted by atomic mass is 9.89. The highest BCUT2D eigenvalue weighted by Crippen LogP contribution is 2.54. The third-order valence-electron chi connectivity index (χ3n) is 5.40. The van der Waals surface area contributed by atoms with Gasteiger partial charge in [0.15, 0.2) is 5.78 Å². The number of hydrogen-bond acceptors (Lipinski definition) is 3. The maximum atomic E-state index is 14.0. The minimum Gasteiger partial charge on any atom is -0.292 e. The molecule has 30 heavy (non-hydrogen) atoms. The molecule has 1 atom stereocenters. The Morgan fingerprint density at radius 1 is 0.867 bits per heavy atom. The normalized spacial score (nSPS) is 17.0. The Bertz CT molecular complexity index is 988. The summed E-state index contributed by atoms with van der Waals surface area (Å²) in [6.45, 7) is 2.06. The van der Waals surface area contributed by atoms with Crippen LogP contribution in [0.1, 0.15) is 39.4 Å². The molecule has 4 rings (SSSR count). The first-order valence-corrected chi connectivity index (χ1v) is 12.3. The molecule has 0 radical (unpaired) electrons. The second-order valence-corrected chi connectivity index (χ2v) is 10.5. The predicted molar refractivity (Wildman–Crippen MR) is 132 cm³/mol. The summed E-state index contributed by atoms with van der Waals surface area (Å²) in [5.41, 5.74) is 4.32. The van der Waals surface area contributed by atoms with E-state index in [0.717, 1.165) is 29.1 Å². The van der Waals surface area contributed by atoms with E-state index in [1.165, 1.54) is 11.1 Å². The van der Waals surface area contributed by atoms with Crippen molar-refractivity contribution in [1.29, 1.82) is 0 Å². The SMILES string of the molecule is Cc1ccc(C(=O)C2([C@@H](/C=C/c3ccccc3)c3ccccc3)SCCCS2)cc1. The number of ketones is 1. The van der Waals surface area contributed by atoms with E-state index in [-0.39, 0.29) is 11.7 Å². The molecule has 0 unspecified atom stereocenters. The first-order valence-electron chi connectivity index (χ1n) is 10.4. The van der Waals surface area contributed by atoms with Crippen LogP contribution in [0.5, 0.6) is 0 Å². The van der Waals surface area contributed by atoms with E-state index in [2.05, 4.69) is 67.6 Å². The largest absolute Gasteiger partial charge is 0.292 e. The summed E-state index contributed by atoms with van der Waals surface area (Å²) in [7, 11) is 0. The van der Waals surface area contributed by atoms with Gasteiger partial charge in [-0.3, -0.25) is 4.79 Å². The number of aryl methyl sites for hydroxylation is 1. The molecule has 0 amide bonds. The lowest BCUT2D eigenvalue weighted by Gasteiger charge is -2.40. The molecule has 1 aliphatic rings. The average Bonchev–Trinajstić information content (AvgIpc) is 2.81. The molecular formula is C27H26OS2. The van der Waals surface area contributed by atoms with Crippen molar-refractivity contribution < 1.29 is 4.79 Å². The minimum absolute atomic E-state index is 0.0111. The third-order valence-corrected chi connectivity index (χ3v) is 8.83. The molecule has 0 saturated carbocycles. The monoisotopic (exact) mass is 430 g/mol. The van der Waals surface area contributed by atoms with E-state index in [1.807, 2.05) is 59.9 Å². The highest BCUT2D eigenvalue weighted by molar-refractivity contribution is 8.20. The lowest BCUT2D eigenvalue weighted by molar-refractivity contribution is 0.0973. The van der Waals surface area contributed by atoms with Crippen LogP contribution in [-0.4, -0.2) is 21.4 Å². The molecule has 0 aliphatic carbocycles. The average molecular weight is 431 g/mol. The fourth-order valence-corrected chi connectivity index (χ4v) is 7.28. The standard InChI is InChI=1S/C27H26OS2/c1-21-13-16-24(17-14-21)26(28)27(29-19-8-20-30-27)25(23-11-6-3-7-12-23)18-15-22-9-4-2-5-10-22/h2-7,9-18,25H,8,19-20H2,1H3/b18-15+/t25-/m0/s1. The topological polar surface area (TPSA) is 17.1 Å². The van der Waals surface area contributed by atoms with Gasteiger partial charge in [-0.1, -0.05) is 103 Å². The van der Waals surface area contributed by atoms with E-state index in [4.69, 9.17) is 0 Å². The molecule has 3 heteroatoms. The molecule has 0 aromatic heterocycles. The van der Waals surface area contributed by atoms with Crippen LogP contribution in [0.25, 0.3) is 6.08 Å². The number of carbonyl (C=O) groups excluding carboxylic acids is 1. The maximum Gasteiger partial charge on any atom is 0.189 e. The van der Waals surface area contributed by atoms with Crippen molar-refractivity contribution in [2.45, 2.75) is 23.3 Å². The van der Waals surface area contributed by atoms with Crippen molar-refractivity contribution in [2.24, 2.45) is 0 Å². The first kappa shape index (κ1) is 21.0. The summed E-state index contributed by atoms with van der Waals surface area (Å²) in [5.74, 6) is 2.23. The van der Waals surface area contributed by atoms with Gasteiger partial charge in [-0.2, -0.15) is 0 Å². The summed E-state index contributed by atoms with van der Waals surface area (Å²) in [4.78, 5) is 14.0. The van der Waals surface area contributed by atoms with Gasteiger partial charge in [0.05, 0.1) is 0 Å². The summed E-state index contributed by atoms with van der Waals surface area (Å²) >= 11 is 3.64.